The summed E-state index contributed by atoms with van der Waals surface area (Å²) in [5.41, 5.74) is 2.47. The second-order valence-corrected chi connectivity index (χ2v) is 7.77. The van der Waals surface area contributed by atoms with Gasteiger partial charge in [-0.15, -0.1) is 0 Å². The van der Waals surface area contributed by atoms with Gasteiger partial charge in [-0.1, -0.05) is 24.3 Å². The average Bonchev–Trinajstić information content (AvgIpc) is 3.37. The molecule has 0 saturated carbocycles. The van der Waals surface area contributed by atoms with Gasteiger partial charge in [-0.05, 0) is 50.2 Å². The second-order valence-electron chi connectivity index (χ2n) is 7.77. The number of rotatable bonds is 9. The molecule has 0 fully saturated rings. The second kappa shape index (κ2) is 9.80. The predicted octanol–water partition coefficient (Wildman–Crippen LogP) is 5.09. The van der Waals surface area contributed by atoms with Crippen molar-refractivity contribution in [1.82, 2.24) is 14.7 Å². The van der Waals surface area contributed by atoms with Gasteiger partial charge >= 0.3 is 0 Å². The third-order valence-corrected chi connectivity index (χ3v) is 5.01. The van der Waals surface area contributed by atoms with Gasteiger partial charge in [-0.25, -0.2) is 9.07 Å². The van der Waals surface area contributed by atoms with E-state index in [2.05, 4.69) is 4.90 Å². The number of aromatic nitrogens is 2. The van der Waals surface area contributed by atoms with E-state index in [1.807, 2.05) is 49.4 Å². The predicted molar refractivity (Wildman–Crippen MR) is 119 cm³/mol. The third kappa shape index (κ3) is 5.25. The van der Waals surface area contributed by atoms with Gasteiger partial charge in [0.1, 0.15) is 17.3 Å². The Morgan fingerprint density at radius 2 is 1.91 bits per heavy atom. The van der Waals surface area contributed by atoms with Crippen LogP contribution in [0.4, 0.5) is 4.39 Å². The minimum atomic E-state index is -0.526. The van der Waals surface area contributed by atoms with Crippen LogP contribution >= 0.6 is 0 Å². The summed E-state index contributed by atoms with van der Waals surface area (Å²) in [5, 5.41) is 14.8. The third-order valence-electron chi connectivity index (χ3n) is 5.01. The van der Waals surface area contributed by atoms with E-state index in [0.29, 0.717) is 31.3 Å². The number of hydrogen-bond donors (Lipinski definition) is 1. The Labute approximate surface area is 186 Å². The summed E-state index contributed by atoms with van der Waals surface area (Å²) in [6, 6.07) is 19.4. The molecule has 4 aromatic rings. The monoisotopic (exact) mass is 435 g/mol. The summed E-state index contributed by atoms with van der Waals surface area (Å²) in [5.74, 6) is 1.32. The first-order valence-corrected chi connectivity index (χ1v) is 10.5. The van der Waals surface area contributed by atoms with E-state index in [-0.39, 0.29) is 5.82 Å². The quantitative estimate of drug-likeness (QED) is 0.397. The highest BCUT2D eigenvalue weighted by molar-refractivity contribution is 5.43. The first-order valence-electron chi connectivity index (χ1n) is 10.5. The molecule has 2 aromatic heterocycles. The number of ether oxygens (including phenoxy) is 1. The number of nitrogens with zero attached hydrogens (tertiary/aromatic N) is 3. The van der Waals surface area contributed by atoms with Gasteiger partial charge < -0.3 is 14.3 Å². The van der Waals surface area contributed by atoms with Crippen molar-refractivity contribution < 1.29 is 18.7 Å². The molecule has 2 aromatic carbocycles. The SMILES string of the molecule is Cc1nn(-c2ccccc2)c(Oc2cccc(F)c2)c1CN(Cc1ccco1)CC(C)O. The molecular weight excluding hydrogens is 409 g/mol. The van der Waals surface area contributed by atoms with Gasteiger partial charge in [0, 0.05) is 19.2 Å². The summed E-state index contributed by atoms with van der Waals surface area (Å²) < 4.78 is 27.2. The van der Waals surface area contributed by atoms with E-state index in [0.717, 1.165) is 22.7 Å². The molecule has 0 bridgehead atoms. The lowest BCUT2D eigenvalue weighted by molar-refractivity contribution is 0.112. The van der Waals surface area contributed by atoms with Crippen LogP contribution in [0, 0.1) is 12.7 Å². The minimum Gasteiger partial charge on any atom is -0.468 e. The first kappa shape index (κ1) is 21.8. The van der Waals surface area contributed by atoms with Crippen LogP contribution in [0.15, 0.2) is 77.4 Å². The van der Waals surface area contributed by atoms with Gasteiger partial charge in [0.15, 0.2) is 0 Å². The molecule has 0 aliphatic carbocycles. The molecule has 0 aliphatic heterocycles. The molecule has 0 spiro atoms. The van der Waals surface area contributed by atoms with Gasteiger partial charge in [-0.3, -0.25) is 4.90 Å². The summed E-state index contributed by atoms with van der Waals surface area (Å²) in [7, 11) is 0. The smallest absolute Gasteiger partial charge is 0.227 e. The average molecular weight is 435 g/mol. The Morgan fingerprint density at radius 1 is 1.09 bits per heavy atom. The number of aliphatic hydroxyl groups excluding tert-OH is 1. The maximum absolute atomic E-state index is 13.8. The molecular formula is C25H26FN3O3. The topological polar surface area (TPSA) is 63.7 Å². The number of aliphatic hydroxyl groups is 1. The van der Waals surface area contributed by atoms with Gasteiger partial charge in [0.2, 0.25) is 5.88 Å². The summed E-state index contributed by atoms with van der Waals surface area (Å²) in [6.07, 6.45) is 1.11. The molecule has 7 heteroatoms. The molecule has 0 aliphatic rings. The standard InChI is InChI=1S/C25H26FN3O3/c1-18(30)15-28(16-23-12-7-13-31-23)17-24-19(2)27-29(21-9-4-3-5-10-21)25(24)32-22-11-6-8-20(26)14-22/h3-14,18,30H,15-17H2,1-2H3. The van der Waals surface area contributed by atoms with Crippen LogP contribution in [0.5, 0.6) is 11.6 Å². The van der Waals surface area contributed by atoms with E-state index >= 15 is 0 Å². The fourth-order valence-electron chi connectivity index (χ4n) is 3.62. The van der Waals surface area contributed by atoms with E-state index in [1.54, 1.807) is 30.0 Å². The number of para-hydroxylation sites is 1. The highest BCUT2D eigenvalue weighted by atomic mass is 19.1. The van der Waals surface area contributed by atoms with Crippen molar-refractivity contribution in [2.75, 3.05) is 6.54 Å². The molecule has 1 atom stereocenters. The Balaban J connectivity index is 1.73. The summed E-state index contributed by atoms with van der Waals surface area (Å²) in [4.78, 5) is 2.07. The molecule has 1 N–H and O–H groups in total. The molecule has 1 unspecified atom stereocenters. The summed E-state index contributed by atoms with van der Waals surface area (Å²) in [6.45, 7) is 5.10. The lowest BCUT2D eigenvalue weighted by atomic mass is 10.2. The van der Waals surface area contributed by atoms with Crippen LogP contribution in [0.25, 0.3) is 5.69 Å². The Kier molecular flexibility index (Phi) is 6.68. The van der Waals surface area contributed by atoms with E-state index in [1.165, 1.54) is 12.1 Å². The van der Waals surface area contributed by atoms with Crippen LogP contribution in [-0.4, -0.2) is 32.4 Å². The lowest BCUT2D eigenvalue weighted by Crippen LogP contribution is -2.30. The van der Waals surface area contributed by atoms with Crippen molar-refractivity contribution in [3.63, 3.8) is 0 Å². The van der Waals surface area contributed by atoms with Crippen LogP contribution in [0.3, 0.4) is 0 Å². The molecule has 4 rings (SSSR count). The van der Waals surface area contributed by atoms with Gasteiger partial charge in [0.05, 0.1) is 35.9 Å². The van der Waals surface area contributed by atoms with E-state index in [9.17, 15) is 9.50 Å². The number of aryl methyl sites for hydroxylation is 1. The Morgan fingerprint density at radius 3 is 2.59 bits per heavy atom. The zero-order chi connectivity index (χ0) is 22.5. The first-order chi connectivity index (χ1) is 15.5. The lowest BCUT2D eigenvalue weighted by Gasteiger charge is -2.23. The Bertz CT molecular complexity index is 1140. The fraction of sp³-hybridized carbons (Fsp3) is 0.240. The molecule has 2 heterocycles. The van der Waals surface area contributed by atoms with Crippen LogP contribution < -0.4 is 4.74 Å². The Hall–Kier alpha value is -3.42. The highest BCUT2D eigenvalue weighted by Gasteiger charge is 2.22. The minimum absolute atomic E-state index is 0.375. The summed E-state index contributed by atoms with van der Waals surface area (Å²) >= 11 is 0. The van der Waals surface area contributed by atoms with Gasteiger partial charge in [0.25, 0.3) is 0 Å². The van der Waals surface area contributed by atoms with E-state index in [4.69, 9.17) is 14.3 Å². The van der Waals surface area contributed by atoms with Crippen molar-refractivity contribution in [2.45, 2.75) is 33.0 Å². The van der Waals surface area contributed by atoms with E-state index < -0.39 is 6.10 Å². The van der Waals surface area contributed by atoms with Crippen LogP contribution in [-0.2, 0) is 13.1 Å². The molecule has 166 valence electrons. The molecule has 6 nitrogen and oxygen atoms in total. The van der Waals surface area contributed by atoms with Crippen molar-refractivity contribution in [2.24, 2.45) is 0 Å². The van der Waals surface area contributed by atoms with Crippen molar-refractivity contribution in [3.8, 4) is 17.3 Å². The molecule has 32 heavy (non-hydrogen) atoms. The number of hydrogen-bond acceptors (Lipinski definition) is 5. The number of halogens is 1. The van der Waals surface area contributed by atoms with Crippen molar-refractivity contribution >= 4 is 0 Å². The maximum Gasteiger partial charge on any atom is 0.227 e. The zero-order valence-electron chi connectivity index (χ0n) is 18.1. The molecule has 0 amide bonds. The largest absolute Gasteiger partial charge is 0.468 e. The van der Waals surface area contributed by atoms with Crippen molar-refractivity contribution in [3.05, 3.63) is 95.8 Å². The highest BCUT2D eigenvalue weighted by Crippen LogP contribution is 2.32. The molecule has 0 saturated heterocycles. The normalized spacial score (nSPS) is 12.3. The zero-order valence-corrected chi connectivity index (χ0v) is 18.1. The van der Waals surface area contributed by atoms with Gasteiger partial charge in [-0.2, -0.15) is 5.10 Å². The maximum atomic E-state index is 13.8. The number of furan rings is 1. The molecule has 0 radical (unpaired) electrons. The van der Waals surface area contributed by atoms with Crippen LogP contribution in [0.2, 0.25) is 0 Å². The number of benzene rings is 2. The fourth-order valence-corrected chi connectivity index (χ4v) is 3.62. The van der Waals surface area contributed by atoms with Crippen molar-refractivity contribution in [1.29, 1.82) is 0 Å². The van der Waals surface area contributed by atoms with Crippen LogP contribution in [0.1, 0.15) is 23.9 Å².